The van der Waals surface area contributed by atoms with Gasteiger partial charge in [-0.05, 0) is 45.2 Å². The van der Waals surface area contributed by atoms with Crippen molar-refractivity contribution in [2.75, 3.05) is 6.54 Å². The minimum absolute atomic E-state index is 0.0982. The van der Waals surface area contributed by atoms with E-state index in [0.717, 1.165) is 25.8 Å². The van der Waals surface area contributed by atoms with Gasteiger partial charge in [-0.15, -0.1) is 0 Å². The van der Waals surface area contributed by atoms with E-state index in [1.165, 1.54) is 5.56 Å². The van der Waals surface area contributed by atoms with Crippen LogP contribution in [0.5, 0.6) is 0 Å². The molecule has 0 heterocycles. The molecule has 0 aliphatic heterocycles. The Hall–Kier alpha value is -1.55. The van der Waals surface area contributed by atoms with Crippen molar-refractivity contribution in [3.8, 4) is 0 Å². The Morgan fingerprint density at radius 3 is 2.63 bits per heavy atom. The molecule has 4 heteroatoms. The van der Waals surface area contributed by atoms with Gasteiger partial charge >= 0.3 is 0 Å². The SMILES string of the molecule is CC(C)(CCc1ccccc1)NCCC/C(N)=N/O. The summed E-state index contributed by atoms with van der Waals surface area (Å²) >= 11 is 0. The maximum absolute atomic E-state index is 8.45. The van der Waals surface area contributed by atoms with Crippen LogP contribution in [0.2, 0.25) is 0 Å². The molecule has 1 aromatic rings. The van der Waals surface area contributed by atoms with Crippen LogP contribution in [0.15, 0.2) is 35.5 Å². The van der Waals surface area contributed by atoms with Gasteiger partial charge in [-0.2, -0.15) is 0 Å². The first-order chi connectivity index (χ1) is 9.03. The number of nitrogens with one attached hydrogen (secondary N) is 1. The highest BCUT2D eigenvalue weighted by Gasteiger charge is 2.16. The summed E-state index contributed by atoms with van der Waals surface area (Å²) in [5.41, 5.74) is 6.90. The number of hydrogen-bond donors (Lipinski definition) is 3. The van der Waals surface area contributed by atoms with E-state index in [1.54, 1.807) is 0 Å². The Bertz CT molecular complexity index is 388. The van der Waals surface area contributed by atoms with Crippen LogP contribution in [-0.4, -0.2) is 23.1 Å². The molecular weight excluding hydrogens is 238 g/mol. The fraction of sp³-hybridized carbons (Fsp3) is 0.533. The Balaban J connectivity index is 2.24. The summed E-state index contributed by atoms with van der Waals surface area (Å²) in [4.78, 5) is 0. The second-order valence-corrected chi connectivity index (χ2v) is 5.49. The molecule has 0 aromatic heterocycles. The lowest BCUT2D eigenvalue weighted by atomic mass is 9.95. The monoisotopic (exact) mass is 263 g/mol. The normalized spacial score (nSPS) is 12.6. The maximum atomic E-state index is 8.45. The number of amidine groups is 1. The average molecular weight is 263 g/mol. The van der Waals surface area contributed by atoms with Gasteiger partial charge in [0, 0.05) is 12.0 Å². The number of oxime groups is 1. The summed E-state index contributed by atoms with van der Waals surface area (Å²) in [5.74, 6) is 0.295. The molecule has 0 fully saturated rings. The first kappa shape index (κ1) is 15.5. The molecule has 0 radical (unpaired) electrons. The van der Waals surface area contributed by atoms with Gasteiger partial charge in [-0.3, -0.25) is 0 Å². The van der Waals surface area contributed by atoms with Crippen LogP contribution in [-0.2, 0) is 6.42 Å². The van der Waals surface area contributed by atoms with Gasteiger partial charge in [-0.1, -0.05) is 35.5 Å². The molecule has 0 saturated heterocycles. The van der Waals surface area contributed by atoms with Gasteiger partial charge in [0.05, 0.1) is 0 Å². The third kappa shape index (κ3) is 6.82. The smallest absolute Gasteiger partial charge is 0.139 e. The van der Waals surface area contributed by atoms with Crippen LogP contribution < -0.4 is 11.1 Å². The largest absolute Gasteiger partial charge is 0.409 e. The molecule has 0 unspecified atom stereocenters. The topological polar surface area (TPSA) is 70.6 Å². The van der Waals surface area contributed by atoms with E-state index in [-0.39, 0.29) is 5.54 Å². The third-order valence-corrected chi connectivity index (χ3v) is 3.22. The lowest BCUT2D eigenvalue weighted by Crippen LogP contribution is -2.40. The van der Waals surface area contributed by atoms with Crippen molar-refractivity contribution < 1.29 is 5.21 Å². The molecule has 0 saturated carbocycles. The van der Waals surface area contributed by atoms with E-state index in [2.05, 4.69) is 48.6 Å². The lowest BCUT2D eigenvalue weighted by molar-refractivity contribution is 0.316. The van der Waals surface area contributed by atoms with Crippen molar-refractivity contribution in [2.45, 2.75) is 45.1 Å². The highest BCUT2D eigenvalue weighted by molar-refractivity contribution is 5.79. The van der Waals surface area contributed by atoms with Gasteiger partial charge < -0.3 is 16.3 Å². The Morgan fingerprint density at radius 1 is 1.32 bits per heavy atom. The standard InChI is InChI=1S/C15H25N3O/c1-15(2,17-12-6-9-14(16)18-19)11-10-13-7-4-3-5-8-13/h3-5,7-8,17,19H,6,9-12H2,1-2H3,(H2,16,18). The molecule has 0 bridgehead atoms. The predicted molar refractivity (Wildman–Crippen MR) is 79.5 cm³/mol. The molecule has 0 spiro atoms. The average Bonchev–Trinajstić information content (AvgIpc) is 2.42. The Labute approximate surface area is 115 Å². The summed E-state index contributed by atoms with van der Waals surface area (Å²) in [6.07, 6.45) is 3.66. The van der Waals surface area contributed by atoms with Gasteiger partial charge in [0.25, 0.3) is 0 Å². The molecule has 1 rings (SSSR count). The summed E-state index contributed by atoms with van der Waals surface area (Å²) in [6.45, 7) is 5.29. The fourth-order valence-electron chi connectivity index (χ4n) is 1.94. The molecule has 0 aliphatic rings. The highest BCUT2D eigenvalue weighted by atomic mass is 16.4. The van der Waals surface area contributed by atoms with Gasteiger partial charge in [0.15, 0.2) is 0 Å². The van der Waals surface area contributed by atoms with Crippen molar-refractivity contribution in [1.29, 1.82) is 0 Å². The second kappa shape index (κ2) is 7.79. The number of aryl methyl sites for hydroxylation is 1. The van der Waals surface area contributed by atoms with Crippen LogP contribution in [0.1, 0.15) is 38.7 Å². The fourth-order valence-corrected chi connectivity index (χ4v) is 1.94. The van der Waals surface area contributed by atoms with E-state index in [4.69, 9.17) is 10.9 Å². The number of benzene rings is 1. The second-order valence-electron chi connectivity index (χ2n) is 5.49. The molecular formula is C15H25N3O. The maximum Gasteiger partial charge on any atom is 0.139 e. The number of hydrogen-bond acceptors (Lipinski definition) is 3. The molecule has 0 amide bonds. The van der Waals surface area contributed by atoms with Crippen LogP contribution in [0.4, 0.5) is 0 Å². The molecule has 1 aromatic carbocycles. The summed E-state index contributed by atoms with van der Waals surface area (Å²) in [5, 5.41) is 14.9. The number of rotatable bonds is 8. The van der Waals surface area contributed by atoms with Crippen LogP contribution in [0.3, 0.4) is 0 Å². The summed E-state index contributed by atoms with van der Waals surface area (Å²) in [7, 11) is 0. The van der Waals surface area contributed by atoms with Gasteiger partial charge in [-0.25, -0.2) is 0 Å². The van der Waals surface area contributed by atoms with E-state index in [9.17, 15) is 0 Å². The minimum atomic E-state index is 0.0982. The zero-order chi connectivity index (χ0) is 14.1. The lowest BCUT2D eigenvalue weighted by Gasteiger charge is -2.26. The predicted octanol–water partition coefficient (Wildman–Crippen LogP) is 2.51. The van der Waals surface area contributed by atoms with Gasteiger partial charge in [0.1, 0.15) is 5.84 Å². The first-order valence-corrected chi connectivity index (χ1v) is 6.79. The molecule has 106 valence electrons. The van der Waals surface area contributed by atoms with Gasteiger partial charge in [0.2, 0.25) is 0 Å². The summed E-state index contributed by atoms with van der Waals surface area (Å²) in [6, 6.07) is 10.5. The third-order valence-electron chi connectivity index (χ3n) is 3.22. The van der Waals surface area contributed by atoms with E-state index < -0.39 is 0 Å². The zero-order valence-electron chi connectivity index (χ0n) is 11.9. The first-order valence-electron chi connectivity index (χ1n) is 6.79. The van der Waals surface area contributed by atoms with Crippen molar-refractivity contribution in [3.05, 3.63) is 35.9 Å². The van der Waals surface area contributed by atoms with E-state index in [1.807, 2.05) is 6.07 Å². The Kier molecular flexibility index (Phi) is 6.36. The number of nitrogens with zero attached hydrogens (tertiary/aromatic N) is 1. The molecule has 0 atom stereocenters. The van der Waals surface area contributed by atoms with Crippen molar-refractivity contribution in [3.63, 3.8) is 0 Å². The van der Waals surface area contributed by atoms with Crippen molar-refractivity contribution >= 4 is 5.84 Å². The van der Waals surface area contributed by atoms with Crippen LogP contribution >= 0.6 is 0 Å². The van der Waals surface area contributed by atoms with Crippen molar-refractivity contribution in [2.24, 2.45) is 10.9 Å². The highest BCUT2D eigenvalue weighted by Crippen LogP contribution is 2.13. The van der Waals surface area contributed by atoms with Crippen molar-refractivity contribution in [1.82, 2.24) is 5.32 Å². The molecule has 4 N–H and O–H groups in total. The number of nitrogens with two attached hydrogens (primary N) is 1. The minimum Gasteiger partial charge on any atom is -0.409 e. The molecule has 4 nitrogen and oxygen atoms in total. The quantitative estimate of drug-likeness (QED) is 0.222. The van der Waals surface area contributed by atoms with E-state index >= 15 is 0 Å². The van der Waals surface area contributed by atoms with Crippen LogP contribution in [0.25, 0.3) is 0 Å². The Morgan fingerprint density at radius 2 is 2.00 bits per heavy atom. The molecule has 19 heavy (non-hydrogen) atoms. The van der Waals surface area contributed by atoms with E-state index in [0.29, 0.717) is 12.3 Å². The summed E-state index contributed by atoms with van der Waals surface area (Å²) < 4.78 is 0. The zero-order valence-corrected chi connectivity index (χ0v) is 11.9. The molecule has 0 aliphatic carbocycles. The van der Waals surface area contributed by atoms with Crippen LogP contribution in [0, 0.1) is 0 Å².